The molecule has 2 fully saturated rings. The molecule has 3 heteroatoms. The van der Waals surface area contributed by atoms with Crippen LogP contribution in [0.15, 0.2) is 103 Å². The molecule has 4 aliphatic rings. The minimum absolute atomic E-state index is 0.0432. The van der Waals surface area contributed by atoms with Crippen molar-refractivity contribution in [1.82, 2.24) is 0 Å². The minimum atomic E-state index is 0.0432. The highest BCUT2D eigenvalue weighted by molar-refractivity contribution is 7.00. The Bertz CT molecular complexity index is 2120. The van der Waals surface area contributed by atoms with Gasteiger partial charge in [0.25, 0.3) is 6.71 Å². The molecule has 5 aromatic rings. The number of anilines is 6. The van der Waals surface area contributed by atoms with E-state index in [4.69, 9.17) is 0 Å². The monoisotopic (exact) mass is 696 g/mol. The lowest BCUT2D eigenvalue weighted by Crippen LogP contribution is -2.61. The fourth-order valence-corrected chi connectivity index (χ4v) is 10.1. The quantitative estimate of drug-likeness (QED) is 0.169. The largest absolute Gasteiger partial charge is 0.311 e. The molecule has 0 spiro atoms. The van der Waals surface area contributed by atoms with Crippen molar-refractivity contribution in [2.75, 3.05) is 9.80 Å². The molecule has 0 N–H and O–H groups in total. The highest BCUT2D eigenvalue weighted by atomic mass is 15.2. The number of nitrogens with zero attached hydrogens (tertiary/aromatic N) is 2. The summed E-state index contributed by atoms with van der Waals surface area (Å²) in [5.74, 6) is 1.35. The van der Waals surface area contributed by atoms with Crippen molar-refractivity contribution in [3.05, 3.63) is 125 Å². The van der Waals surface area contributed by atoms with Crippen LogP contribution in [-0.2, 0) is 10.8 Å². The maximum Gasteiger partial charge on any atom is 0.252 e. The van der Waals surface area contributed by atoms with Gasteiger partial charge in [0.2, 0.25) is 0 Å². The molecule has 9 rings (SSSR count). The molecule has 0 aromatic heterocycles. The molecule has 2 aliphatic carbocycles. The number of benzene rings is 5. The molecule has 0 radical (unpaired) electrons. The molecule has 0 bridgehead atoms. The summed E-state index contributed by atoms with van der Waals surface area (Å²) in [5.41, 5.74) is 18.0. The zero-order valence-electron chi connectivity index (χ0n) is 33.0. The first-order valence-corrected chi connectivity index (χ1v) is 20.8. The Kier molecular flexibility index (Phi) is 8.64. The summed E-state index contributed by atoms with van der Waals surface area (Å²) in [6, 6.07) is 41.1. The predicted molar refractivity (Wildman–Crippen MR) is 230 cm³/mol. The highest BCUT2D eigenvalue weighted by Gasteiger charge is 2.44. The Morgan fingerprint density at radius 2 is 0.906 bits per heavy atom. The molecule has 0 atom stereocenters. The van der Waals surface area contributed by atoms with E-state index in [2.05, 4.69) is 154 Å². The van der Waals surface area contributed by atoms with E-state index in [9.17, 15) is 0 Å². The number of fused-ring (bicyclic) bond motifs is 4. The summed E-state index contributed by atoms with van der Waals surface area (Å²) < 4.78 is 0. The second-order valence-corrected chi connectivity index (χ2v) is 18.7. The Balaban J connectivity index is 1.27. The van der Waals surface area contributed by atoms with Crippen LogP contribution in [0.5, 0.6) is 0 Å². The molecule has 2 nitrogen and oxygen atoms in total. The third-order valence-electron chi connectivity index (χ3n) is 13.2. The van der Waals surface area contributed by atoms with E-state index in [0.717, 1.165) is 0 Å². The van der Waals surface area contributed by atoms with Gasteiger partial charge < -0.3 is 9.80 Å². The fraction of sp³-hybridized carbons (Fsp3) is 0.400. The summed E-state index contributed by atoms with van der Waals surface area (Å²) in [6.07, 6.45) is 13.4. The van der Waals surface area contributed by atoms with Crippen LogP contribution in [0.1, 0.15) is 140 Å². The van der Waals surface area contributed by atoms with Crippen LogP contribution in [0.4, 0.5) is 34.1 Å². The van der Waals surface area contributed by atoms with Crippen LogP contribution in [0.3, 0.4) is 0 Å². The number of rotatable bonds is 4. The third-order valence-corrected chi connectivity index (χ3v) is 13.2. The summed E-state index contributed by atoms with van der Waals surface area (Å²) in [4.78, 5) is 5.16. The Hall–Kier alpha value is -4.24. The lowest BCUT2D eigenvalue weighted by atomic mass is 9.33. The maximum absolute atomic E-state index is 2.64. The van der Waals surface area contributed by atoms with Crippen molar-refractivity contribution < 1.29 is 0 Å². The topological polar surface area (TPSA) is 6.48 Å². The lowest BCUT2D eigenvalue weighted by molar-refractivity contribution is 0.443. The Labute approximate surface area is 319 Å². The maximum atomic E-state index is 2.64. The second kappa shape index (κ2) is 13.3. The molecule has 0 amide bonds. The first-order chi connectivity index (χ1) is 25.6. The summed E-state index contributed by atoms with van der Waals surface area (Å²) in [6.45, 7) is 14.1. The molecule has 2 aliphatic heterocycles. The van der Waals surface area contributed by atoms with Crippen LogP contribution < -0.4 is 26.2 Å². The van der Waals surface area contributed by atoms with E-state index in [1.807, 2.05) is 0 Å². The second-order valence-electron chi connectivity index (χ2n) is 18.7. The summed E-state index contributed by atoms with van der Waals surface area (Å²) in [7, 11) is 0. The summed E-state index contributed by atoms with van der Waals surface area (Å²) in [5, 5.41) is 0. The van der Waals surface area contributed by atoms with E-state index in [1.165, 1.54) is 137 Å². The standard InChI is InChI=1S/C50H57BN2/c1-49(2,3)38-23-28-41(29-24-38)53-45-31-25-39(50(4,5)6)33-43(45)51-42-32-37(35-16-11-8-12-17-35)22-30-44(42)52(46-18-13-19-47(53)48(46)51)40-26-20-36(21-27-40)34-14-9-7-10-15-34/h13,18-35H,7-12,14-17H2,1-6H3. The predicted octanol–water partition coefficient (Wildman–Crippen LogP) is 12.5. The number of hydrogen-bond donors (Lipinski definition) is 0. The van der Waals surface area contributed by atoms with Crippen molar-refractivity contribution in [1.29, 1.82) is 0 Å². The average molecular weight is 697 g/mol. The van der Waals surface area contributed by atoms with Gasteiger partial charge in [-0.25, -0.2) is 0 Å². The van der Waals surface area contributed by atoms with Gasteiger partial charge in [0.05, 0.1) is 0 Å². The van der Waals surface area contributed by atoms with Crippen LogP contribution in [-0.4, -0.2) is 6.71 Å². The fourth-order valence-electron chi connectivity index (χ4n) is 10.1. The molecule has 2 heterocycles. The first-order valence-electron chi connectivity index (χ1n) is 20.8. The van der Waals surface area contributed by atoms with Gasteiger partial charge in [-0.1, -0.05) is 135 Å². The van der Waals surface area contributed by atoms with Crippen LogP contribution in [0.25, 0.3) is 0 Å². The number of hydrogen-bond acceptors (Lipinski definition) is 2. The van der Waals surface area contributed by atoms with Crippen LogP contribution >= 0.6 is 0 Å². The molecular formula is C50H57BN2. The van der Waals surface area contributed by atoms with Gasteiger partial charge in [-0.2, -0.15) is 0 Å². The highest BCUT2D eigenvalue weighted by Crippen LogP contribution is 2.46. The van der Waals surface area contributed by atoms with Gasteiger partial charge in [0.15, 0.2) is 0 Å². The first kappa shape index (κ1) is 34.5. The molecule has 2 saturated carbocycles. The normalized spacial score (nSPS) is 17.7. The van der Waals surface area contributed by atoms with E-state index in [0.29, 0.717) is 11.8 Å². The molecule has 0 unspecified atom stereocenters. The van der Waals surface area contributed by atoms with Gasteiger partial charge in [0, 0.05) is 34.1 Å². The van der Waals surface area contributed by atoms with Crippen molar-refractivity contribution >= 4 is 57.2 Å². The third kappa shape index (κ3) is 6.13. The van der Waals surface area contributed by atoms with Crippen LogP contribution in [0.2, 0.25) is 0 Å². The Morgan fingerprint density at radius 1 is 0.453 bits per heavy atom. The minimum Gasteiger partial charge on any atom is -0.311 e. The van der Waals surface area contributed by atoms with E-state index >= 15 is 0 Å². The average Bonchev–Trinajstić information content (AvgIpc) is 3.17. The zero-order chi connectivity index (χ0) is 36.5. The van der Waals surface area contributed by atoms with E-state index < -0.39 is 0 Å². The van der Waals surface area contributed by atoms with Gasteiger partial charge in [-0.3, -0.25) is 0 Å². The molecule has 0 saturated heterocycles. The van der Waals surface area contributed by atoms with Gasteiger partial charge in [-0.05, 0) is 136 Å². The van der Waals surface area contributed by atoms with Crippen molar-refractivity contribution in [3.63, 3.8) is 0 Å². The van der Waals surface area contributed by atoms with Crippen molar-refractivity contribution in [2.45, 2.75) is 128 Å². The van der Waals surface area contributed by atoms with E-state index in [-0.39, 0.29) is 17.5 Å². The van der Waals surface area contributed by atoms with E-state index in [1.54, 1.807) is 0 Å². The van der Waals surface area contributed by atoms with Crippen LogP contribution in [0, 0.1) is 0 Å². The SMILES string of the molecule is CC(C)(C)c1ccc(N2c3ccc(C(C)(C)C)cc3B3c4cc(C5CCCCC5)ccc4N(c4ccc(C5CCCCC5)cc4)c4cccc2c43)cc1. The van der Waals surface area contributed by atoms with Crippen molar-refractivity contribution in [3.8, 4) is 0 Å². The molecule has 53 heavy (non-hydrogen) atoms. The van der Waals surface area contributed by atoms with Crippen molar-refractivity contribution in [2.24, 2.45) is 0 Å². The van der Waals surface area contributed by atoms with Gasteiger partial charge >= 0.3 is 0 Å². The molecule has 5 aromatic carbocycles. The summed E-state index contributed by atoms with van der Waals surface area (Å²) >= 11 is 0. The molecular weight excluding hydrogens is 639 g/mol. The Morgan fingerprint density at radius 3 is 1.45 bits per heavy atom. The van der Waals surface area contributed by atoms with Gasteiger partial charge in [0.1, 0.15) is 0 Å². The van der Waals surface area contributed by atoms with Gasteiger partial charge in [-0.15, -0.1) is 0 Å². The smallest absolute Gasteiger partial charge is 0.252 e. The zero-order valence-corrected chi connectivity index (χ0v) is 33.0. The lowest BCUT2D eigenvalue weighted by Gasteiger charge is -2.44. The molecule has 270 valence electrons.